The van der Waals surface area contributed by atoms with Gasteiger partial charge in [-0.05, 0) is 57.8 Å². The predicted molar refractivity (Wildman–Crippen MR) is 285 cm³/mol. The third-order valence-corrected chi connectivity index (χ3v) is 12.9. The van der Waals surface area contributed by atoms with Crippen molar-refractivity contribution in [2.75, 3.05) is 13.2 Å². The van der Waals surface area contributed by atoms with Gasteiger partial charge in [0.2, 0.25) is 0 Å². The first-order valence-corrected chi connectivity index (χ1v) is 28.6. The lowest BCUT2D eigenvalue weighted by atomic mass is 9.98. The number of carbonyl (C=O) groups excluding carboxylic acids is 3. The maximum Gasteiger partial charge on any atom is 0.335 e. The molecule has 410 valence electrons. The Morgan fingerprint density at radius 1 is 0.479 bits per heavy atom. The summed E-state index contributed by atoms with van der Waals surface area (Å²) in [6, 6.07) is 0. The van der Waals surface area contributed by atoms with Crippen LogP contribution in [0.15, 0.2) is 48.6 Å². The van der Waals surface area contributed by atoms with Gasteiger partial charge in [0, 0.05) is 19.3 Å². The maximum absolute atomic E-state index is 13.0. The fraction of sp³-hybridized carbons (Fsp3) is 0.797. The van der Waals surface area contributed by atoms with Crippen molar-refractivity contribution >= 4 is 23.9 Å². The second-order valence-electron chi connectivity index (χ2n) is 19.6. The van der Waals surface area contributed by atoms with Crippen LogP contribution < -0.4 is 0 Å². The summed E-state index contributed by atoms with van der Waals surface area (Å²) in [6.07, 6.45) is 43.9. The summed E-state index contributed by atoms with van der Waals surface area (Å²) in [4.78, 5) is 50.9. The molecule has 0 aromatic heterocycles. The highest BCUT2D eigenvalue weighted by Gasteiger charge is 2.50. The van der Waals surface area contributed by atoms with Gasteiger partial charge in [0.1, 0.15) is 18.8 Å². The quantitative estimate of drug-likeness (QED) is 0.0228. The lowest BCUT2D eigenvalue weighted by Gasteiger charge is -2.40. The minimum atomic E-state index is -1.91. The number of carbonyl (C=O) groups is 4. The second kappa shape index (κ2) is 47.7. The van der Waals surface area contributed by atoms with Gasteiger partial charge in [0.25, 0.3) is 0 Å². The van der Waals surface area contributed by atoms with Gasteiger partial charge in [-0.2, -0.15) is 0 Å². The Morgan fingerprint density at radius 2 is 0.887 bits per heavy atom. The first-order valence-electron chi connectivity index (χ1n) is 28.6. The zero-order valence-corrected chi connectivity index (χ0v) is 45.0. The lowest BCUT2D eigenvalue weighted by molar-refractivity contribution is -0.301. The van der Waals surface area contributed by atoms with Crippen molar-refractivity contribution in [3.05, 3.63) is 48.6 Å². The molecule has 0 saturated carbocycles. The highest BCUT2D eigenvalue weighted by molar-refractivity contribution is 5.74. The molecule has 1 aliphatic rings. The average Bonchev–Trinajstić information content (AvgIpc) is 3.35. The normalized spacial score (nSPS) is 18.8. The number of carboxylic acid groups (broad SMARTS) is 1. The molecule has 6 atom stereocenters. The first-order chi connectivity index (χ1) is 34.6. The molecule has 3 N–H and O–H groups in total. The summed E-state index contributed by atoms with van der Waals surface area (Å²) in [7, 11) is 0. The Labute approximate surface area is 431 Å². The predicted octanol–water partition coefficient (Wildman–Crippen LogP) is 14.2. The minimum Gasteiger partial charge on any atom is -0.479 e. The molecule has 1 fully saturated rings. The molecule has 6 unspecified atom stereocenters. The van der Waals surface area contributed by atoms with E-state index in [4.69, 9.17) is 23.7 Å². The van der Waals surface area contributed by atoms with Gasteiger partial charge >= 0.3 is 23.9 Å². The van der Waals surface area contributed by atoms with Gasteiger partial charge in [-0.15, -0.1) is 0 Å². The summed E-state index contributed by atoms with van der Waals surface area (Å²) in [5, 5.41) is 31.4. The number of unbranched alkanes of at least 4 members (excludes halogenated alkanes) is 26. The molecular weight excluding hydrogens is 901 g/mol. The average molecular weight is 1000 g/mol. The number of rotatable bonds is 48. The number of aliphatic hydroxyl groups is 2. The molecule has 0 radical (unpaired) electrons. The smallest absolute Gasteiger partial charge is 0.335 e. The van der Waals surface area contributed by atoms with Crippen LogP contribution in [0.4, 0.5) is 0 Å². The number of aliphatic hydroxyl groups excluding tert-OH is 2. The van der Waals surface area contributed by atoms with E-state index in [0.29, 0.717) is 25.7 Å². The van der Waals surface area contributed by atoms with Crippen LogP contribution in [-0.2, 0) is 42.9 Å². The molecular formula is C59H102O12. The monoisotopic (exact) mass is 1000 g/mol. The fourth-order valence-electron chi connectivity index (χ4n) is 8.54. The van der Waals surface area contributed by atoms with E-state index in [0.717, 1.165) is 70.6 Å². The van der Waals surface area contributed by atoms with Crippen LogP contribution in [0.5, 0.6) is 0 Å². The van der Waals surface area contributed by atoms with E-state index in [9.17, 15) is 34.5 Å². The number of allylic oxidation sites excluding steroid dienone is 8. The van der Waals surface area contributed by atoms with Crippen LogP contribution in [0.3, 0.4) is 0 Å². The van der Waals surface area contributed by atoms with Crippen molar-refractivity contribution in [3.8, 4) is 0 Å². The summed E-state index contributed by atoms with van der Waals surface area (Å²) >= 11 is 0. The Balaban J connectivity index is 2.67. The Hall–Kier alpha value is -3.32. The molecule has 0 spiro atoms. The van der Waals surface area contributed by atoms with Crippen LogP contribution in [0, 0.1) is 0 Å². The van der Waals surface area contributed by atoms with Gasteiger partial charge in [0.15, 0.2) is 24.6 Å². The van der Waals surface area contributed by atoms with Crippen LogP contribution in [-0.4, -0.2) is 89.2 Å². The molecule has 0 aromatic carbocycles. The summed E-state index contributed by atoms with van der Waals surface area (Å²) < 4.78 is 28.3. The van der Waals surface area contributed by atoms with Gasteiger partial charge < -0.3 is 39.0 Å². The summed E-state index contributed by atoms with van der Waals surface area (Å²) in [6.45, 7) is 5.84. The Bertz CT molecular complexity index is 1420. The molecule has 1 heterocycles. The molecule has 12 nitrogen and oxygen atoms in total. The van der Waals surface area contributed by atoms with Crippen molar-refractivity contribution < 1.29 is 58.2 Å². The van der Waals surface area contributed by atoms with Gasteiger partial charge in [-0.3, -0.25) is 14.4 Å². The zero-order valence-electron chi connectivity index (χ0n) is 45.0. The molecule has 1 saturated heterocycles. The standard InChI is InChI=1S/C59H102O12/c1-4-7-10-13-16-19-21-23-25-26-28-29-31-34-36-39-42-45-51(60)67-48-50(69-52(61)46-43-40-37-33-18-15-12-9-6-3)49-68-59-57(55(64)54(63)56(71-59)58(65)66)70-53(62)47-44-41-38-35-32-30-27-24-22-20-17-14-11-8-5-2/h8,11,17,20,24,27,32,35,50,54-57,59,63-64H,4-7,9-10,12-16,18-19,21-23,25-26,28-31,33-34,36-49H2,1-3H3,(H,65,66)/b11-8-,20-17-,27-24-,35-32-. The van der Waals surface area contributed by atoms with E-state index >= 15 is 0 Å². The van der Waals surface area contributed by atoms with Crippen LogP contribution in [0.25, 0.3) is 0 Å². The van der Waals surface area contributed by atoms with E-state index in [-0.39, 0.29) is 25.9 Å². The van der Waals surface area contributed by atoms with Crippen molar-refractivity contribution in [3.63, 3.8) is 0 Å². The van der Waals surface area contributed by atoms with E-state index in [1.54, 1.807) is 0 Å². The molecule has 0 aromatic rings. The van der Waals surface area contributed by atoms with Crippen LogP contribution in [0.2, 0.25) is 0 Å². The third kappa shape index (κ3) is 38.0. The molecule has 12 heteroatoms. The Kier molecular flexibility index (Phi) is 44.1. The van der Waals surface area contributed by atoms with Crippen molar-refractivity contribution in [1.29, 1.82) is 0 Å². The highest BCUT2D eigenvalue weighted by Crippen LogP contribution is 2.26. The van der Waals surface area contributed by atoms with Gasteiger partial charge in [-0.1, -0.05) is 223 Å². The van der Waals surface area contributed by atoms with E-state index < -0.39 is 67.3 Å². The maximum atomic E-state index is 13.0. The lowest BCUT2D eigenvalue weighted by Crippen LogP contribution is -2.61. The van der Waals surface area contributed by atoms with E-state index in [2.05, 4.69) is 69.4 Å². The zero-order chi connectivity index (χ0) is 51.8. The van der Waals surface area contributed by atoms with E-state index in [1.807, 2.05) is 0 Å². The van der Waals surface area contributed by atoms with Crippen LogP contribution in [0.1, 0.15) is 252 Å². The molecule has 1 aliphatic heterocycles. The topological polar surface area (TPSA) is 175 Å². The number of ether oxygens (including phenoxy) is 5. The number of esters is 3. The second-order valence-corrected chi connectivity index (χ2v) is 19.6. The summed E-state index contributed by atoms with van der Waals surface area (Å²) in [5.41, 5.74) is 0. The van der Waals surface area contributed by atoms with Gasteiger partial charge in [-0.25, -0.2) is 4.79 Å². The first kappa shape index (κ1) is 65.7. The fourth-order valence-corrected chi connectivity index (χ4v) is 8.54. The number of carboxylic acids is 1. The van der Waals surface area contributed by atoms with Crippen molar-refractivity contribution in [2.24, 2.45) is 0 Å². The Morgan fingerprint density at radius 3 is 1.35 bits per heavy atom. The SMILES string of the molecule is CC/C=C\C/C=C\C/C=C\C/C=C\CCCCC(=O)OC1C(OCC(COC(=O)CCCCCCCCCCCCCCCCCCC)OC(=O)CCCCCCCCCCC)OC(C(=O)O)C(O)C1O. The molecule has 0 aliphatic carbocycles. The van der Waals surface area contributed by atoms with Crippen LogP contribution >= 0.6 is 0 Å². The highest BCUT2D eigenvalue weighted by atomic mass is 16.7. The van der Waals surface area contributed by atoms with Crippen molar-refractivity contribution in [2.45, 2.75) is 289 Å². The number of hydrogen-bond acceptors (Lipinski definition) is 11. The number of hydrogen-bond donors (Lipinski definition) is 3. The molecule has 0 bridgehead atoms. The van der Waals surface area contributed by atoms with Crippen molar-refractivity contribution in [1.82, 2.24) is 0 Å². The molecule has 1 rings (SSSR count). The largest absolute Gasteiger partial charge is 0.479 e. The molecule has 0 amide bonds. The van der Waals surface area contributed by atoms with E-state index in [1.165, 1.54) is 116 Å². The summed E-state index contributed by atoms with van der Waals surface area (Å²) in [5.74, 6) is -3.16. The molecule has 71 heavy (non-hydrogen) atoms. The number of aliphatic carboxylic acids is 1. The van der Waals surface area contributed by atoms with Gasteiger partial charge in [0.05, 0.1) is 6.61 Å². The minimum absolute atomic E-state index is 0.0103. The third-order valence-electron chi connectivity index (χ3n) is 12.9.